The number of aromatic nitrogens is 4. The quantitative estimate of drug-likeness (QED) is 0.0346. The smallest absolute Gasteiger partial charge is 0.339 e. The van der Waals surface area contributed by atoms with Crippen molar-refractivity contribution in [2.45, 2.75) is 90.1 Å². The molecule has 7 aromatic rings. The standard InChI is InChI=1S/C52H56ClN7O5/c1-2-3-4-5-6-7-8-9-10-17-30-47(61)55-43-27-19-21-29-46(43)65-36-54-39-31-32-41(53)44(33-39)57-51(62)49(60-35-40(52(63)64)48(58-60)38-24-15-12-16-25-38)50-56-42-26-18-20-28-45(42)59(50)34-37-22-13-11-14-23-37/h11-16,18-29,31-33,35,49,54H,2-10,17,30,34,36H2,1H3,(H,55,61)(H,57,62)(H,63,64). The summed E-state index contributed by atoms with van der Waals surface area (Å²) in [5.74, 6) is -0.933. The molecule has 0 aliphatic carbocycles. The second-order valence-electron chi connectivity index (χ2n) is 16.1. The van der Waals surface area contributed by atoms with Gasteiger partial charge in [0.05, 0.1) is 27.4 Å². The Kier molecular flexibility index (Phi) is 16.4. The average Bonchev–Trinajstić information content (AvgIpc) is 3.92. The Balaban J connectivity index is 1.07. The summed E-state index contributed by atoms with van der Waals surface area (Å²) in [6, 6.07) is 37.6. The van der Waals surface area contributed by atoms with E-state index in [1.807, 2.05) is 83.4 Å². The van der Waals surface area contributed by atoms with Gasteiger partial charge in [0.15, 0.2) is 12.8 Å². The summed E-state index contributed by atoms with van der Waals surface area (Å²) in [4.78, 5) is 45.4. The van der Waals surface area contributed by atoms with Crippen molar-refractivity contribution in [3.05, 3.63) is 156 Å². The van der Waals surface area contributed by atoms with Crippen LogP contribution in [0.2, 0.25) is 5.02 Å². The van der Waals surface area contributed by atoms with E-state index in [0.29, 0.717) is 52.7 Å². The number of aromatic carboxylic acids is 1. The third kappa shape index (κ3) is 12.4. The summed E-state index contributed by atoms with van der Waals surface area (Å²) < 4.78 is 9.41. The lowest BCUT2D eigenvalue weighted by Gasteiger charge is -2.20. The lowest BCUT2D eigenvalue weighted by molar-refractivity contribution is -0.118. The van der Waals surface area contributed by atoms with Crippen molar-refractivity contribution < 1.29 is 24.2 Å². The van der Waals surface area contributed by atoms with Crippen LogP contribution < -0.4 is 20.7 Å². The molecule has 0 saturated carbocycles. The minimum atomic E-state index is -1.24. The number of rotatable bonds is 24. The number of hydrogen-bond acceptors (Lipinski definition) is 7. The summed E-state index contributed by atoms with van der Waals surface area (Å²) in [6.45, 7) is 2.66. The van der Waals surface area contributed by atoms with Gasteiger partial charge in [-0.25, -0.2) is 9.78 Å². The first-order valence-electron chi connectivity index (χ1n) is 22.5. The molecule has 7 rings (SSSR count). The van der Waals surface area contributed by atoms with Gasteiger partial charge in [-0.3, -0.25) is 14.3 Å². The van der Waals surface area contributed by atoms with Crippen LogP contribution in [0.1, 0.15) is 105 Å². The first-order chi connectivity index (χ1) is 31.8. The number of para-hydroxylation sites is 4. The number of halogens is 1. The molecule has 336 valence electrons. The Morgan fingerprint density at radius 3 is 2.14 bits per heavy atom. The largest absolute Gasteiger partial charge is 0.478 e. The minimum absolute atomic E-state index is 0.0417. The maximum Gasteiger partial charge on any atom is 0.339 e. The normalized spacial score (nSPS) is 11.6. The first-order valence-corrected chi connectivity index (χ1v) is 22.9. The van der Waals surface area contributed by atoms with E-state index in [1.54, 1.807) is 48.5 Å². The molecule has 1 unspecified atom stereocenters. The second kappa shape index (κ2) is 23.1. The van der Waals surface area contributed by atoms with Crippen LogP contribution in [0.4, 0.5) is 17.1 Å². The fourth-order valence-corrected chi connectivity index (χ4v) is 8.06. The second-order valence-corrected chi connectivity index (χ2v) is 16.5. The number of nitrogens with one attached hydrogen (secondary N) is 3. The van der Waals surface area contributed by atoms with Gasteiger partial charge in [0.25, 0.3) is 5.91 Å². The van der Waals surface area contributed by atoms with Crippen molar-refractivity contribution in [2.24, 2.45) is 0 Å². The third-order valence-electron chi connectivity index (χ3n) is 11.3. The predicted octanol–water partition coefficient (Wildman–Crippen LogP) is 12.2. The highest BCUT2D eigenvalue weighted by Gasteiger charge is 2.32. The van der Waals surface area contributed by atoms with Crippen LogP contribution in [0.5, 0.6) is 5.75 Å². The summed E-state index contributed by atoms with van der Waals surface area (Å²) in [6.07, 6.45) is 13.9. The van der Waals surface area contributed by atoms with Crippen LogP contribution in [-0.4, -0.2) is 49.0 Å². The highest BCUT2D eigenvalue weighted by molar-refractivity contribution is 6.34. The van der Waals surface area contributed by atoms with Crippen molar-refractivity contribution in [1.29, 1.82) is 0 Å². The number of carboxylic acids is 1. The number of carbonyl (C=O) groups excluding carboxylic acids is 2. The molecule has 65 heavy (non-hydrogen) atoms. The molecule has 5 aromatic carbocycles. The zero-order valence-electron chi connectivity index (χ0n) is 36.7. The van der Waals surface area contributed by atoms with E-state index in [0.717, 1.165) is 30.3 Å². The number of hydrogen-bond donors (Lipinski definition) is 4. The van der Waals surface area contributed by atoms with Crippen LogP contribution in [0.3, 0.4) is 0 Å². The summed E-state index contributed by atoms with van der Waals surface area (Å²) in [5, 5.41) is 24.6. The van der Waals surface area contributed by atoms with Crippen LogP contribution in [-0.2, 0) is 16.1 Å². The fourth-order valence-electron chi connectivity index (χ4n) is 7.89. The van der Waals surface area contributed by atoms with Gasteiger partial charge in [-0.2, -0.15) is 5.10 Å². The lowest BCUT2D eigenvalue weighted by Crippen LogP contribution is -2.30. The van der Waals surface area contributed by atoms with Crippen LogP contribution in [0.25, 0.3) is 22.3 Å². The topological polar surface area (TPSA) is 152 Å². The first kappa shape index (κ1) is 46.1. The highest BCUT2D eigenvalue weighted by Crippen LogP contribution is 2.32. The lowest BCUT2D eigenvalue weighted by atomic mass is 10.1. The Morgan fingerprint density at radius 1 is 0.738 bits per heavy atom. The van der Waals surface area contributed by atoms with Gasteiger partial charge >= 0.3 is 5.97 Å². The molecule has 12 nitrogen and oxygen atoms in total. The number of amides is 2. The van der Waals surface area contributed by atoms with E-state index in [4.69, 9.17) is 26.4 Å². The third-order valence-corrected chi connectivity index (χ3v) is 11.6. The molecule has 0 bridgehead atoms. The van der Waals surface area contributed by atoms with E-state index in [9.17, 15) is 19.5 Å². The Labute approximate surface area is 385 Å². The molecule has 0 saturated heterocycles. The van der Waals surface area contributed by atoms with Crippen molar-refractivity contribution in [2.75, 3.05) is 22.7 Å². The van der Waals surface area contributed by atoms with Gasteiger partial charge in [-0.15, -0.1) is 0 Å². The molecule has 2 amide bonds. The van der Waals surface area contributed by atoms with Crippen LogP contribution >= 0.6 is 11.6 Å². The van der Waals surface area contributed by atoms with E-state index >= 15 is 0 Å². The monoisotopic (exact) mass is 893 g/mol. The van der Waals surface area contributed by atoms with Crippen molar-refractivity contribution in [1.82, 2.24) is 19.3 Å². The molecule has 4 N–H and O–H groups in total. The molecule has 2 heterocycles. The zero-order valence-corrected chi connectivity index (χ0v) is 37.5. The molecular weight excluding hydrogens is 838 g/mol. The van der Waals surface area contributed by atoms with Crippen LogP contribution in [0, 0.1) is 0 Å². The van der Waals surface area contributed by atoms with Crippen LogP contribution in [0.15, 0.2) is 134 Å². The van der Waals surface area contributed by atoms with Crippen molar-refractivity contribution in [3.63, 3.8) is 0 Å². The number of unbranched alkanes of at least 4 members (excludes halogenated alkanes) is 9. The van der Waals surface area contributed by atoms with Gasteiger partial charge in [-0.05, 0) is 54.4 Å². The summed E-state index contributed by atoms with van der Waals surface area (Å²) in [7, 11) is 0. The van der Waals surface area contributed by atoms with Gasteiger partial charge in [0.2, 0.25) is 5.91 Å². The number of fused-ring (bicyclic) bond motifs is 1. The molecule has 13 heteroatoms. The molecule has 0 fully saturated rings. The van der Waals surface area contributed by atoms with E-state index in [1.165, 1.54) is 55.8 Å². The number of benzene rings is 5. The predicted molar refractivity (Wildman–Crippen MR) is 259 cm³/mol. The number of carboxylic acid groups (broad SMARTS) is 1. The molecule has 1 atom stereocenters. The van der Waals surface area contributed by atoms with Gasteiger partial charge in [-0.1, -0.05) is 161 Å². The van der Waals surface area contributed by atoms with E-state index in [2.05, 4.69) is 22.9 Å². The Morgan fingerprint density at radius 2 is 1.40 bits per heavy atom. The van der Waals surface area contributed by atoms with E-state index < -0.39 is 17.9 Å². The number of nitrogens with zero attached hydrogens (tertiary/aromatic N) is 4. The van der Waals surface area contributed by atoms with Gasteiger partial charge < -0.3 is 30.4 Å². The minimum Gasteiger partial charge on any atom is -0.478 e. The number of anilines is 3. The number of carbonyl (C=O) groups is 3. The molecule has 2 aromatic heterocycles. The molecule has 0 spiro atoms. The maximum atomic E-state index is 14.9. The van der Waals surface area contributed by atoms with E-state index in [-0.39, 0.29) is 28.9 Å². The number of imidazole rings is 1. The molecule has 0 radical (unpaired) electrons. The summed E-state index contributed by atoms with van der Waals surface area (Å²) in [5.41, 5.74) is 4.62. The molecular formula is C52H56ClN7O5. The van der Waals surface area contributed by atoms with Crippen molar-refractivity contribution >= 4 is 57.5 Å². The fraction of sp³-hybridized carbons (Fsp3) is 0.288. The average molecular weight is 895 g/mol. The molecule has 0 aliphatic heterocycles. The Hall–Kier alpha value is -6.92. The maximum absolute atomic E-state index is 14.9. The van der Waals surface area contributed by atoms with Gasteiger partial charge in [0.1, 0.15) is 22.8 Å². The number of ether oxygens (including phenoxy) is 1. The summed E-state index contributed by atoms with van der Waals surface area (Å²) >= 11 is 6.74. The SMILES string of the molecule is CCCCCCCCCCCCC(=O)Nc1ccccc1OCNc1ccc(Cl)c(NC(=O)C(c2nc3ccccc3n2Cc2ccccc2)n2cc(C(=O)O)c(-c3ccccc3)n2)c1. The highest BCUT2D eigenvalue weighted by atomic mass is 35.5. The zero-order chi connectivity index (χ0) is 45.4. The Bertz CT molecular complexity index is 2670. The molecule has 0 aliphatic rings. The van der Waals surface area contributed by atoms with Crippen molar-refractivity contribution in [3.8, 4) is 17.0 Å². The van der Waals surface area contributed by atoms with Gasteiger partial charge in [0, 0.05) is 30.4 Å².